The van der Waals surface area contributed by atoms with Crippen molar-refractivity contribution in [2.75, 3.05) is 30.8 Å². The first kappa shape index (κ1) is 22.6. The van der Waals surface area contributed by atoms with Crippen molar-refractivity contribution in [3.8, 4) is 5.75 Å². The number of rotatable bonds is 9. The molecule has 3 rings (SSSR count). The highest BCUT2D eigenvalue weighted by molar-refractivity contribution is 7.92. The molecule has 1 aliphatic rings. The van der Waals surface area contributed by atoms with Gasteiger partial charge < -0.3 is 15.0 Å². The lowest BCUT2D eigenvalue weighted by molar-refractivity contribution is -0.128. The highest BCUT2D eigenvalue weighted by atomic mass is 32.2. The topological polar surface area (TPSA) is 96.0 Å². The van der Waals surface area contributed by atoms with Crippen LogP contribution in [-0.4, -0.2) is 51.6 Å². The molecule has 0 saturated carbocycles. The molecule has 1 aliphatic heterocycles. The summed E-state index contributed by atoms with van der Waals surface area (Å²) in [6, 6.07) is 14.2. The molecule has 2 aromatic carbocycles. The van der Waals surface area contributed by atoms with E-state index >= 15 is 0 Å². The van der Waals surface area contributed by atoms with Crippen molar-refractivity contribution in [2.45, 2.75) is 25.9 Å². The number of hydrogen-bond donors (Lipinski definition) is 1. The molecule has 1 fully saturated rings. The molecule has 9 heteroatoms. The van der Waals surface area contributed by atoms with Crippen LogP contribution < -0.4 is 14.4 Å². The molecule has 2 amide bonds. The standard InChI is InChI=1S/C22H27N3O5S/c1-24(31(2,28)29)19-9-11-20(12-10-19)30-16-21(26)23-14-17-6-3-4-7-18(17)15-25-13-5-8-22(25)27/h3-4,6-7,9-12H,5,8,13-16H2,1-2H3,(H,23,26). The summed E-state index contributed by atoms with van der Waals surface area (Å²) in [5.74, 6) is 0.360. The Labute approximate surface area is 182 Å². The first-order valence-electron chi connectivity index (χ1n) is 10.0. The van der Waals surface area contributed by atoms with Crippen molar-refractivity contribution in [1.82, 2.24) is 10.2 Å². The molecule has 0 bridgehead atoms. The number of nitrogens with zero attached hydrogens (tertiary/aromatic N) is 2. The van der Waals surface area contributed by atoms with E-state index in [0.717, 1.165) is 34.7 Å². The van der Waals surface area contributed by atoms with Gasteiger partial charge in [-0.3, -0.25) is 13.9 Å². The molecule has 1 heterocycles. The summed E-state index contributed by atoms with van der Waals surface area (Å²) < 4.78 is 29.8. The molecule has 0 unspecified atom stereocenters. The predicted octanol–water partition coefficient (Wildman–Crippen LogP) is 1.90. The summed E-state index contributed by atoms with van der Waals surface area (Å²) in [5, 5.41) is 2.84. The van der Waals surface area contributed by atoms with Crippen molar-refractivity contribution < 1.29 is 22.7 Å². The van der Waals surface area contributed by atoms with Crippen LogP contribution in [0.15, 0.2) is 48.5 Å². The van der Waals surface area contributed by atoms with Crippen molar-refractivity contribution in [3.05, 3.63) is 59.7 Å². The van der Waals surface area contributed by atoms with Gasteiger partial charge in [0.1, 0.15) is 5.75 Å². The number of carbonyl (C=O) groups excluding carboxylic acids is 2. The molecule has 1 saturated heterocycles. The molecule has 0 spiro atoms. The largest absolute Gasteiger partial charge is 0.484 e. The molecule has 0 aliphatic carbocycles. The summed E-state index contributed by atoms with van der Waals surface area (Å²) >= 11 is 0. The third-order valence-corrected chi connectivity index (χ3v) is 6.40. The van der Waals surface area contributed by atoms with Crippen LogP contribution in [0.5, 0.6) is 5.75 Å². The Hall–Kier alpha value is -3.07. The molecule has 2 aromatic rings. The van der Waals surface area contributed by atoms with Crippen molar-refractivity contribution >= 4 is 27.5 Å². The maximum Gasteiger partial charge on any atom is 0.258 e. The predicted molar refractivity (Wildman–Crippen MR) is 118 cm³/mol. The molecule has 166 valence electrons. The lowest BCUT2D eigenvalue weighted by Crippen LogP contribution is -2.29. The van der Waals surface area contributed by atoms with Gasteiger partial charge in [0, 0.05) is 33.1 Å². The van der Waals surface area contributed by atoms with Crippen LogP contribution in [0, 0.1) is 0 Å². The van der Waals surface area contributed by atoms with Gasteiger partial charge in [0.2, 0.25) is 15.9 Å². The summed E-state index contributed by atoms with van der Waals surface area (Å²) in [7, 11) is -1.87. The van der Waals surface area contributed by atoms with Crippen LogP contribution in [0.2, 0.25) is 0 Å². The third kappa shape index (κ3) is 6.21. The number of anilines is 1. The van der Waals surface area contributed by atoms with Gasteiger partial charge in [0.25, 0.3) is 5.91 Å². The zero-order chi connectivity index (χ0) is 22.4. The first-order chi connectivity index (χ1) is 14.7. The van der Waals surface area contributed by atoms with Gasteiger partial charge in [0.05, 0.1) is 11.9 Å². The second-order valence-electron chi connectivity index (χ2n) is 7.48. The first-order valence-corrected chi connectivity index (χ1v) is 11.9. The molecule has 1 N–H and O–H groups in total. The number of nitrogens with one attached hydrogen (secondary N) is 1. The number of likely N-dealkylation sites (tertiary alicyclic amines) is 1. The van der Waals surface area contributed by atoms with E-state index in [-0.39, 0.29) is 18.4 Å². The lowest BCUT2D eigenvalue weighted by atomic mass is 10.1. The normalized spacial score (nSPS) is 13.9. The third-order valence-electron chi connectivity index (χ3n) is 5.19. The summed E-state index contributed by atoms with van der Waals surface area (Å²) in [4.78, 5) is 25.9. The monoisotopic (exact) mass is 445 g/mol. The molecule has 8 nitrogen and oxygen atoms in total. The summed E-state index contributed by atoms with van der Waals surface area (Å²) in [5.41, 5.74) is 2.49. The number of sulfonamides is 1. The fraction of sp³-hybridized carbons (Fsp3) is 0.364. The Morgan fingerprint density at radius 3 is 2.42 bits per heavy atom. The Morgan fingerprint density at radius 1 is 1.13 bits per heavy atom. The lowest BCUT2D eigenvalue weighted by Gasteiger charge is -2.18. The fourth-order valence-electron chi connectivity index (χ4n) is 3.30. The van der Waals surface area contributed by atoms with E-state index in [9.17, 15) is 18.0 Å². The number of amides is 2. The Balaban J connectivity index is 1.50. The average molecular weight is 446 g/mol. The number of ether oxygens (including phenoxy) is 1. The zero-order valence-electron chi connectivity index (χ0n) is 17.7. The molecule has 0 aromatic heterocycles. The van der Waals surface area contributed by atoms with E-state index in [1.807, 2.05) is 29.2 Å². The molecule has 0 atom stereocenters. The highest BCUT2D eigenvalue weighted by Crippen LogP contribution is 2.20. The summed E-state index contributed by atoms with van der Waals surface area (Å²) in [6.45, 7) is 1.51. The number of carbonyl (C=O) groups is 2. The van der Waals surface area contributed by atoms with Gasteiger partial charge in [-0.05, 0) is 41.8 Å². The van der Waals surface area contributed by atoms with Gasteiger partial charge >= 0.3 is 0 Å². The molecular weight excluding hydrogens is 418 g/mol. The maximum atomic E-state index is 12.2. The fourth-order valence-corrected chi connectivity index (χ4v) is 3.80. The van der Waals surface area contributed by atoms with E-state index in [4.69, 9.17) is 4.74 Å². The van der Waals surface area contributed by atoms with Crippen molar-refractivity contribution in [3.63, 3.8) is 0 Å². The van der Waals surface area contributed by atoms with E-state index in [1.165, 1.54) is 7.05 Å². The van der Waals surface area contributed by atoms with E-state index in [1.54, 1.807) is 24.3 Å². The van der Waals surface area contributed by atoms with Crippen LogP contribution in [0.25, 0.3) is 0 Å². The van der Waals surface area contributed by atoms with E-state index < -0.39 is 10.0 Å². The quantitative estimate of drug-likeness (QED) is 0.636. The zero-order valence-corrected chi connectivity index (χ0v) is 18.5. The van der Waals surface area contributed by atoms with Crippen LogP contribution in [-0.2, 0) is 32.7 Å². The SMILES string of the molecule is CN(c1ccc(OCC(=O)NCc2ccccc2CN2CCCC2=O)cc1)S(C)(=O)=O. The number of hydrogen-bond acceptors (Lipinski definition) is 5. The van der Waals surface area contributed by atoms with Gasteiger partial charge in [-0.2, -0.15) is 0 Å². The van der Waals surface area contributed by atoms with E-state index in [2.05, 4.69) is 5.32 Å². The van der Waals surface area contributed by atoms with Crippen molar-refractivity contribution in [2.24, 2.45) is 0 Å². The molecule has 31 heavy (non-hydrogen) atoms. The Kier molecular flexibility index (Phi) is 7.17. The Bertz CT molecular complexity index is 1040. The van der Waals surface area contributed by atoms with Crippen LogP contribution >= 0.6 is 0 Å². The number of benzene rings is 2. The van der Waals surface area contributed by atoms with Gasteiger partial charge in [-0.15, -0.1) is 0 Å². The molecule has 0 radical (unpaired) electrons. The van der Waals surface area contributed by atoms with Crippen molar-refractivity contribution in [1.29, 1.82) is 0 Å². The van der Waals surface area contributed by atoms with Crippen LogP contribution in [0.3, 0.4) is 0 Å². The van der Waals surface area contributed by atoms with Gasteiger partial charge in [-0.25, -0.2) is 8.42 Å². The maximum absolute atomic E-state index is 12.2. The van der Waals surface area contributed by atoms with Gasteiger partial charge in [-0.1, -0.05) is 24.3 Å². The average Bonchev–Trinajstić information content (AvgIpc) is 3.15. The Morgan fingerprint density at radius 2 is 1.81 bits per heavy atom. The smallest absolute Gasteiger partial charge is 0.258 e. The van der Waals surface area contributed by atoms with E-state index in [0.29, 0.717) is 30.9 Å². The second kappa shape index (κ2) is 9.82. The minimum Gasteiger partial charge on any atom is -0.484 e. The highest BCUT2D eigenvalue weighted by Gasteiger charge is 2.21. The second-order valence-corrected chi connectivity index (χ2v) is 9.49. The van der Waals surface area contributed by atoms with Crippen LogP contribution in [0.1, 0.15) is 24.0 Å². The van der Waals surface area contributed by atoms with Gasteiger partial charge in [0.15, 0.2) is 6.61 Å². The molecular formula is C22H27N3O5S. The van der Waals surface area contributed by atoms with Crippen LogP contribution in [0.4, 0.5) is 5.69 Å². The minimum absolute atomic E-state index is 0.159. The summed E-state index contributed by atoms with van der Waals surface area (Å²) in [6.07, 6.45) is 2.62. The minimum atomic E-state index is -3.34.